The van der Waals surface area contributed by atoms with Crippen LogP contribution >= 0.6 is 11.6 Å². The molecule has 2 aromatic rings. The molecule has 0 spiro atoms. The Kier molecular flexibility index (Phi) is 5.21. The average molecular weight is 305 g/mol. The Morgan fingerprint density at radius 1 is 1.29 bits per heavy atom. The van der Waals surface area contributed by atoms with Crippen LogP contribution in [0.15, 0.2) is 30.5 Å². The summed E-state index contributed by atoms with van der Waals surface area (Å²) < 4.78 is 5.98. The number of aromatic nitrogens is 1. The molecule has 0 aliphatic rings. The second kappa shape index (κ2) is 6.92. The van der Waals surface area contributed by atoms with E-state index in [1.807, 2.05) is 38.1 Å². The largest absolute Gasteiger partial charge is 0.439 e. The third kappa shape index (κ3) is 3.74. The van der Waals surface area contributed by atoms with Gasteiger partial charge in [0, 0.05) is 22.8 Å². The lowest BCUT2D eigenvalue weighted by Gasteiger charge is -2.17. The monoisotopic (exact) mass is 304 g/mol. The topological polar surface area (TPSA) is 34.2 Å². The Morgan fingerprint density at radius 2 is 1.95 bits per heavy atom. The minimum Gasteiger partial charge on any atom is -0.439 e. The molecule has 2 rings (SSSR count). The van der Waals surface area contributed by atoms with E-state index < -0.39 is 0 Å². The molecule has 0 fully saturated rings. The Hall–Kier alpha value is -1.58. The maximum absolute atomic E-state index is 6.19. The number of rotatable bonds is 5. The van der Waals surface area contributed by atoms with Gasteiger partial charge < -0.3 is 10.1 Å². The predicted octanol–water partition coefficient (Wildman–Crippen LogP) is 4.81. The molecule has 1 aromatic heterocycles. The van der Waals surface area contributed by atoms with Gasteiger partial charge in [0.1, 0.15) is 5.75 Å². The van der Waals surface area contributed by atoms with E-state index in [4.69, 9.17) is 16.3 Å². The molecule has 0 amide bonds. The van der Waals surface area contributed by atoms with Crippen LogP contribution in [-0.2, 0) is 0 Å². The molecule has 3 nitrogen and oxygen atoms in total. The summed E-state index contributed by atoms with van der Waals surface area (Å²) in [5.74, 6) is 1.39. The summed E-state index contributed by atoms with van der Waals surface area (Å²) in [6.07, 6.45) is 1.74. The fourth-order valence-electron chi connectivity index (χ4n) is 2.31. The molecule has 1 unspecified atom stereocenters. The van der Waals surface area contributed by atoms with Crippen LogP contribution in [0.1, 0.15) is 36.6 Å². The second-order valence-corrected chi connectivity index (χ2v) is 5.53. The van der Waals surface area contributed by atoms with Gasteiger partial charge in [0.15, 0.2) is 0 Å². The highest BCUT2D eigenvalue weighted by Gasteiger charge is 2.13. The minimum atomic E-state index is 0.188. The van der Waals surface area contributed by atoms with E-state index in [0.717, 1.165) is 34.0 Å². The van der Waals surface area contributed by atoms with Gasteiger partial charge in [-0.15, -0.1) is 0 Å². The quantitative estimate of drug-likeness (QED) is 0.860. The van der Waals surface area contributed by atoms with Gasteiger partial charge in [-0.3, -0.25) is 0 Å². The number of pyridine rings is 1. The molecule has 0 saturated heterocycles. The van der Waals surface area contributed by atoms with E-state index in [9.17, 15) is 0 Å². The van der Waals surface area contributed by atoms with Crippen molar-refractivity contribution in [2.24, 2.45) is 0 Å². The van der Waals surface area contributed by atoms with Crippen molar-refractivity contribution in [2.45, 2.75) is 33.7 Å². The van der Waals surface area contributed by atoms with Crippen LogP contribution in [0.25, 0.3) is 0 Å². The Balaban J connectivity index is 2.32. The zero-order valence-electron chi connectivity index (χ0n) is 12.9. The van der Waals surface area contributed by atoms with E-state index >= 15 is 0 Å². The molecule has 112 valence electrons. The molecule has 1 N–H and O–H groups in total. The first-order valence-electron chi connectivity index (χ1n) is 7.15. The molecule has 0 aliphatic heterocycles. The first-order chi connectivity index (χ1) is 10.0. The van der Waals surface area contributed by atoms with Crippen LogP contribution in [0.3, 0.4) is 0 Å². The first-order valence-corrected chi connectivity index (χ1v) is 7.53. The molecule has 0 radical (unpaired) electrons. The van der Waals surface area contributed by atoms with Gasteiger partial charge in [0.2, 0.25) is 5.88 Å². The van der Waals surface area contributed by atoms with Crippen molar-refractivity contribution >= 4 is 11.6 Å². The molecule has 0 saturated carbocycles. The van der Waals surface area contributed by atoms with E-state index in [0.29, 0.717) is 5.88 Å². The van der Waals surface area contributed by atoms with Gasteiger partial charge in [0.05, 0.1) is 0 Å². The van der Waals surface area contributed by atoms with Crippen LogP contribution in [0.4, 0.5) is 0 Å². The molecule has 1 heterocycles. The van der Waals surface area contributed by atoms with Crippen LogP contribution in [0.2, 0.25) is 5.02 Å². The Morgan fingerprint density at radius 3 is 2.57 bits per heavy atom. The predicted molar refractivity (Wildman–Crippen MR) is 87.3 cm³/mol. The number of ether oxygens (including phenoxy) is 1. The SMILES string of the molecule is CCNC(C)c1cccnc1Oc1cc(C)c(Cl)c(C)c1. The first kappa shape index (κ1) is 15.8. The number of hydrogen-bond acceptors (Lipinski definition) is 3. The van der Waals surface area contributed by atoms with Gasteiger partial charge in [0.25, 0.3) is 0 Å². The van der Waals surface area contributed by atoms with Gasteiger partial charge >= 0.3 is 0 Å². The molecule has 1 aromatic carbocycles. The fraction of sp³-hybridized carbons (Fsp3) is 0.353. The zero-order valence-corrected chi connectivity index (χ0v) is 13.7. The summed E-state index contributed by atoms with van der Waals surface area (Å²) in [5.41, 5.74) is 3.05. The Labute approximate surface area is 131 Å². The van der Waals surface area contributed by atoms with E-state index in [1.54, 1.807) is 6.20 Å². The fourth-order valence-corrected chi connectivity index (χ4v) is 2.42. The highest BCUT2D eigenvalue weighted by Crippen LogP contribution is 2.31. The minimum absolute atomic E-state index is 0.188. The van der Waals surface area contributed by atoms with E-state index in [1.165, 1.54) is 0 Å². The summed E-state index contributed by atoms with van der Waals surface area (Å²) >= 11 is 6.19. The second-order valence-electron chi connectivity index (χ2n) is 5.15. The molecule has 1 atom stereocenters. The molecule has 0 bridgehead atoms. The third-order valence-corrected chi connectivity index (χ3v) is 4.00. The number of aryl methyl sites for hydroxylation is 2. The molecule has 21 heavy (non-hydrogen) atoms. The molecular weight excluding hydrogens is 284 g/mol. The average Bonchev–Trinajstić information content (AvgIpc) is 2.45. The Bertz CT molecular complexity index is 605. The van der Waals surface area contributed by atoms with Crippen LogP contribution < -0.4 is 10.1 Å². The van der Waals surface area contributed by atoms with Crippen molar-refractivity contribution in [1.29, 1.82) is 0 Å². The standard InChI is InChI=1S/C17H21ClN2O/c1-5-19-13(4)15-7-6-8-20-17(15)21-14-9-11(2)16(18)12(3)10-14/h6-10,13,19H,5H2,1-4H3. The summed E-state index contributed by atoms with van der Waals surface area (Å²) in [5, 5.41) is 4.16. The maximum Gasteiger partial charge on any atom is 0.223 e. The molecule has 0 aliphatic carbocycles. The van der Waals surface area contributed by atoms with Crippen molar-refractivity contribution in [3.63, 3.8) is 0 Å². The van der Waals surface area contributed by atoms with Crippen LogP contribution in [-0.4, -0.2) is 11.5 Å². The van der Waals surface area contributed by atoms with Gasteiger partial charge in [-0.2, -0.15) is 0 Å². The van der Waals surface area contributed by atoms with Crippen LogP contribution in [0.5, 0.6) is 11.6 Å². The lowest BCUT2D eigenvalue weighted by molar-refractivity contribution is 0.443. The van der Waals surface area contributed by atoms with Crippen molar-refractivity contribution in [3.05, 3.63) is 52.2 Å². The maximum atomic E-state index is 6.19. The van der Waals surface area contributed by atoms with E-state index in [2.05, 4.69) is 24.1 Å². The molecular formula is C17H21ClN2O. The number of hydrogen-bond donors (Lipinski definition) is 1. The van der Waals surface area contributed by atoms with Gasteiger partial charge in [-0.05, 0) is 56.6 Å². The molecule has 4 heteroatoms. The van der Waals surface area contributed by atoms with Crippen molar-refractivity contribution in [2.75, 3.05) is 6.54 Å². The summed E-state index contributed by atoms with van der Waals surface area (Å²) in [6.45, 7) is 9.03. The third-order valence-electron chi connectivity index (χ3n) is 3.40. The number of nitrogens with zero attached hydrogens (tertiary/aromatic N) is 1. The number of halogens is 1. The van der Waals surface area contributed by atoms with Crippen molar-refractivity contribution < 1.29 is 4.74 Å². The normalized spacial score (nSPS) is 12.2. The smallest absolute Gasteiger partial charge is 0.223 e. The highest BCUT2D eigenvalue weighted by atomic mass is 35.5. The summed E-state index contributed by atoms with van der Waals surface area (Å²) in [4.78, 5) is 4.36. The van der Waals surface area contributed by atoms with Crippen LogP contribution in [0, 0.1) is 13.8 Å². The van der Waals surface area contributed by atoms with Gasteiger partial charge in [-0.1, -0.05) is 24.6 Å². The number of benzene rings is 1. The van der Waals surface area contributed by atoms with Crippen molar-refractivity contribution in [1.82, 2.24) is 10.3 Å². The number of nitrogens with one attached hydrogen (secondary N) is 1. The highest BCUT2D eigenvalue weighted by molar-refractivity contribution is 6.32. The summed E-state index contributed by atoms with van der Waals surface area (Å²) in [7, 11) is 0. The lowest BCUT2D eigenvalue weighted by Crippen LogP contribution is -2.18. The lowest BCUT2D eigenvalue weighted by atomic mass is 10.1. The summed E-state index contributed by atoms with van der Waals surface area (Å²) in [6, 6.07) is 8.02. The van der Waals surface area contributed by atoms with Gasteiger partial charge in [-0.25, -0.2) is 4.98 Å². The van der Waals surface area contributed by atoms with E-state index in [-0.39, 0.29) is 6.04 Å². The van der Waals surface area contributed by atoms with Crippen molar-refractivity contribution in [3.8, 4) is 11.6 Å². The zero-order chi connectivity index (χ0) is 15.4.